The number of thiophene rings is 1. The third-order valence-electron chi connectivity index (χ3n) is 3.78. The lowest BCUT2D eigenvalue weighted by atomic mass is 10.1. The molecular weight excluding hydrogens is 269 g/mol. The van der Waals surface area contributed by atoms with Gasteiger partial charge in [-0.2, -0.15) is 0 Å². The fourth-order valence-electron chi connectivity index (χ4n) is 2.70. The molecular formula is C17H20FNS. The van der Waals surface area contributed by atoms with Gasteiger partial charge in [-0.3, -0.25) is 0 Å². The molecule has 106 valence electrons. The predicted octanol–water partition coefficient (Wildman–Crippen LogP) is 4.92. The number of hydrogen-bond donors (Lipinski definition) is 1. The molecule has 1 saturated carbocycles. The van der Waals surface area contributed by atoms with Gasteiger partial charge in [-0.15, -0.1) is 11.3 Å². The molecule has 1 unspecified atom stereocenters. The normalized spacial score (nSPS) is 16.4. The largest absolute Gasteiger partial charge is 0.309 e. The first kappa shape index (κ1) is 13.8. The summed E-state index contributed by atoms with van der Waals surface area (Å²) >= 11 is 1.79. The highest BCUT2D eigenvalue weighted by atomic mass is 32.1. The van der Waals surface area contributed by atoms with Crippen LogP contribution >= 0.6 is 11.3 Å². The van der Waals surface area contributed by atoms with Crippen LogP contribution in [0.5, 0.6) is 0 Å². The Morgan fingerprint density at radius 3 is 2.75 bits per heavy atom. The summed E-state index contributed by atoms with van der Waals surface area (Å²) in [6.07, 6.45) is 2.65. The molecule has 0 bridgehead atoms. The Hall–Kier alpha value is -1.19. The van der Waals surface area contributed by atoms with Crippen molar-refractivity contribution in [1.82, 2.24) is 5.32 Å². The molecule has 3 heteroatoms. The van der Waals surface area contributed by atoms with E-state index in [1.165, 1.54) is 17.7 Å². The molecule has 0 saturated heterocycles. The van der Waals surface area contributed by atoms with Gasteiger partial charge in [0, 0.05) is 15.8 Å². The Morgan fingerprint density at radius 1 is 1.30 bits per heavy atom. The van der Waals surface area contributed by atoms with E-state index in [0.29, 0.717) is 6.04 Å². The van der Waals surface area contributed by atoms with Crippen LogP contribution in [0, 0.1) is 18.7 Å². The molecule has 1 nitrogen and oxygen atoms in total. The second kappa shape index (κ2) is 5.66. The maximum absolute atomic E-state index is 13.5. The van der Waals surface area contributed by atoms with Gasteiger partial charge in [0.05, 0.1) is 0 Å². The minimum Gasteiger partial charge on any atom is -0.309 e. The maximum Gasteiger partial charge on any atom is 0.124 e. The summed E-state index contributed by atoms with van der Waals surface area (Å²) in [6.45, 7) is 5.08. The average Bonchev–Trinajstić information content (AvgIpc) is 3.11. The molecule has 1 heterocycles. The second-order valence-corrected chi connectivity index (χ2v) is 6.71. The highest BCUT2D eigenvalue weighted by Crippen LogP contribution is 2.44. The van der Waals surface area contributed by atoms with E-state index in [1.807, 2.05) is 6.92 Å². The van der Waals surface area contributed by atoms with E-state index in [-0.39, 0.29) is 5.82 Å². The Kier molecular flexibility index (Phi) is 3.90. The first-order valence-electron chi connectivity index (χ1n) is 7.28. The summed E-state index contributed by atoms with van der Waals surface area (Å²) in [5, 5.41) is 3.58. The molecule has 1 aliphatic carbocycles. The third-order valence-corrected chi connectivity index (χ3v) is 4.99. The molecule has 3 rings (SSSR count). The van der Waals surface area contributed by atoms with Gasteiger partial charge >= 0.3 is 0 Å². The molecule has 0 spiro atoms. The van der Waals surface area contributed by atoms with Crippen LogP contribution in [0.4, 0.5) is 4.39 Å². The Balaban J connectivity index is 1.88. The lowest BCUT2D eigenvalue weighted by Crippen LogP contribution is -2.21. The Bertz CT molecular complexity index is 581. The topological polar surface area (TPSA) is 12.0 Å². The average molecular weight is 289 g/mol. The zero-order valence-electron chi connectivity index (χ0n) is 11.9. The number of nitrogens with one attached hydrogen (secondary N) is 1. The van der Waals surface area contributed by atoms with Crippen molar-refractivity contribution >= 4 is 11.3 Å². The Labute approximate surface area is 123 Å². The number of rotatable bonds is 5. The molecule has 0 amide bonds. The van der Waals surface area contributed by atoms with Crippen molar-refractivity contribution in [1.29, 1.82) is 0 Å². The van der Waals surface area contributed by atoms with Crippen LogP contribution in [0.1, 0.15) is 36.2 Å². The van der Waals surface area contributed by atoms with Crippen molar-refractivity contribution in [3.8, 4) is 10.4 Å². The van der Waals surface area contributed by atoms with Crippen LogP contribution in [-0.4, -0.2) is 6.54 Å². The minimum absolute atomic E-state index is 0.152. The van der Waals surface area contributed by atoms with Gasteiger partial charge < -0.3 is 5.32 Å². The van der Waals surface area contributed by atoms with Crippen molar-refractivity contribution in [3.63, 3.8) is 0 Å². The Morgan fingerprint density at radius 2 is 2.10 bits per heavy atom. The van der Waals surface area contributed by atoms with E-state index in [2.05, 4.69) is 30.4 Å². The minimum atomic E-state index is -0.152. The van der Waals surface area contributed by atoms with Crippen LogP contribution in [0.25, 0.3) is 10.4 Å². The molecule has 2 aromatic rings. The molecule has 0 radical (unpaired) electrons. The lowest BCUT2D eigenvalue weighted by Gasteiger charge is -2.15. The van der Waals surface area contributed by atoms with E-state index >= 15 is 0 Å². The first-order chi connectivity index (χ1) is 9.67. The monoisotopic (exact) mass is 289 g/mol. The second-order valence-electron chi connectivity index (χ2n) is 5.59. The molecule has 1 aromatic heterocycles. The maximum atomic E-state index is 13.5. The molecule has 1 N–H and O–H groups in total. The van der Waals surface area contributed by atoms with Crippen molar-refractivity contribution in [2.75, 3.05) is 6.54 Å². The van der Waals surface area contributed by atoms with Gasteiger partial charge in [0.15, 0.2) is 0 Å². The predicted molar refractivity (Wildman–Crippen MR) is 83.6 cm³/mol. The van der Waals surface area contributed by atoms with Crippen LogP contribution in [0.2, 0.25) is 0 Å². The summed E-state index contributed by atoms with van der Waals surface area (Å²) in [4.78, 5) is 2.54. The quantitative estimate of drug-likeness (QED) is 0.823. The number of aryl methyl sites for hydroxylation is 1. The van der Waals surface area contributed by atoms with E-state index in [9.17, 15) is 4.39 Å². The lowest BCUT2D eigenvalue weighted by molar-refractivity contribution is 0.504. The fraction of sp³-hybridized carbons (Fsp3) is 0.412. The molecule has 20 heavy (non-hydrogen) atoms. The summed E-state index contributed by atoms with van der Waals surface area (Å²) in [5.74, 6) is 0.635. The standard InChI is InChI=1S/C17H20FNS/c1-3-19-17(12-4-5-12)16-7-6-15(20-16)13-8-11(2)9-14(18)10-13/h6-10,12,17,19H,3-5H2,1-2H3. The SMILES string of the molecule is CCNC(c1ccc(-c2cc(C)cc(F)c2)s1)C1CC1. The van der Waals surface area contributed by atoms with E-state index < -0.39 is 0 Å². The van der Waals surface area contributed by atoms with Crippen LogP contribution in [0.15, 0.2) is 30.3 Å². The van der Waals surface area contributed by atoms with Gasteiger partial charge in [0.1, 0.15) is 5.82 Å². The summed E-state index contributed by atoms with van der Waals surface area (Å²) < 4.78 is 13.5. The van der Waals surface area contributed by atoms with Crippen molar-refractivity contribution in [3.05, 3.63) is 46.6 Å². The molecule has 1 atom stereocenters. The molecule has 1 fully saturated rings. The highest BCUT2D eigenvalue weighted by molar-refractivity contribution is 7.15. The third kappa shape index (κ3) is 2.94. The first-order valence-corrected chi connectivity index (χ1v) is 8.09. The summed E-state index contributed by atoms with van der Waals surface area (Å²) in [7, 11) is 0. The molecule has 1 aliphatic rings. The van der Waals surface area contributed by atoms with Gasteiger partial charge in [-0.1, -0.05) is 13.0 Å². The van der Waals surface area contributed by atoms with Crippen LogP contribution in [-0.2, 0) is 0 Å². The number of halogens is 1. The van der Waals surface area contributed by atoms with Crippen molar-refractivity contribution < 1.29 is 4.39 Å². The van der Waals surface area contributed by atoms with Crippen LogP contribution < -0.4 is 5.32 Å². The zero-order valence-corrected chi connectivity index (χ0v) is 12.8. The fourth-order valence-corrected chi connectivity index (χ4v) is 3.87. The molecule has 1 aromatic carbocycles. The smallest absolute Gasteiger partial charge is 0.124 e. The van der Waals surface area contributed by atoms with Crippen LogP contribution in [0.3, 0.4) is 0 Å². The van der Waals surface area contributed by atoms with E-state index in [1.54, 1.807) is 23.5 Å². The van der Waals surface area contributed by atoms with E-state index in [0.717, 1.165) is 28.5 Å². The van der Waals surface area contributed by atoms with Gasteiger partial charge in [0.2, 0.25) is 0 Å². The number of hydrogen-bond acceptors (Lipinski definition) is 2. The summed E-state index contributed by atoms with van der Waals surface area (Å²) in [6, 6.07) is 10.1. The van der Waals surface area contributed by atoms with Crippen molar-refractivity contribution in [2.45, 2.75) is 32.7 Å². The molecule has 0 aliphatic heterocycles. The summed E-state index contributed by atoms with van der Waals surface area (Å²) in [5.41, 5.74) is 1.96. The van der Waals surface area contributed by atoms with Gasteiger partial charge in [-0.05, 0) is 67.6 Å². The van der Waals surface area contributed by atoms with Gasteiger partial charge in [-0.25, -0.2) is 4.39 Å². The van der Waals surface area contributed by atoms with E-state index in [4.69, 9.17) is 0 Å². The highest BCUT2D eigenvalue weighted by Gasteiger charge is 2.32. The number of benzene rings is 1. The zero-order chi connectivity index (χ0) is 14.1. The van der Waals surface area contributed by atoms with Gasteiger partial charge in [0.25, 0.3) is 0 Å². The van der Waals surface area contributed by atoms with Crippen molar-refractivity contribution in [2.24, 2.45) is 5.92 Å².